The molecule has 0 saturated heterocycles. The molecule has 1 aliphatic carbocycles. The van der Waals surface area contributed by atoms with E-state index in [0.29, 0.717) is 0 Å². The maximum atomic E-state index is 12.3. The lowest BCUT2D eigenvalue weighted by Crippen LogP contribution is -2.39. The van der Waals surface area contributed by atoms with Crippen molar-refractivity contribution in [3.05, 3.63) is 29.8 Å². The molecule has 2 rings (SSSR count). The summed E-state index contributed by atoms with van der Waals surface area (Å²) < 4.78 is 0. The van der Waals surface area contributed by atoms with Crippen LogP contribution in [-0.4, -0.2) is 24.4 Å². The molecule has 0 aliphatic heterocycles. The average molecular weight is 382 g/mol. The molecule has 1 aromatic rings. The molecule has 1 aromatic carbocycles. The number of carbonyl (C=O) groups excluding carboxylic acids is 2. The van der Waals surface area contributed by atoms with Crippen molar-refractivity contribution in [2.75, 3.05) is 11.9 Å². The van der Waals surface area contributed by atoms with Gasteiger partial charge in [-0.1, -0.05) is 44.4 Å². The first kappa shape index (κ1) is 22.5. The molecule has 5 nitrogen and oxygen atoms in total. The lowest BCUT2D eigenvalue weighted by atomic mass is 9.88. The van der Waals surface area contributed by atoms with Crippen LogP contribution < -0.4 is 16.0 Å². The van der Waals surface area contributed by atoms with Gasteiger partial charge in [-0.15, -0.1) is 12.4 Å². The van der Waals surface area contributed by atoms with Crippen molar-refractivity contribution >= 4 is 29.9 Å². The van der Waals surface area contributed by atoms with Crippen LogP contribution in [0, 0.1) is 5.92 Å². The van der Waals surface area contributed by atoms with Crippen LogP contribution in [-0.2, 0) is 16.1 Å². The van der Waals surface area contributed by atoms with E-state index in [-0.39, 0.29) is 42.6 Å². The lowest BCUT2D eigenvalue weighted by Gasteiger charge is -2.23. The van der Waals surface area contributed by atoms with Crippen molar-refractivity contribution in [1.29, 1.82) is 0 Å². The molecule has 0 spiro atoms. The molecule has 146 valence electrons. The highest BCUT2D eigenvalue weighted by Gasteiger charge is 2.22. The van der Waals surface area contributed by atoms with Gasteiger partial charge in [-0.25, -0.2) is 0 Å². The number of para-hydroxylation sites is 1. The van der Waals surface area contributed by atoms with E-state index >= 15 is 0 Å². The van der Waals surface area contributed by atoms with Crippen LogP contribution in [0.4, 0.5) is 5.69 Å². The molecule has 26 heavy (non-hydrogen) atoms. The fraction of sp³-hybridized carbons (Fsp3) is 0.600. The van der Waals surface area contributed by atoms with Gasteiger partial charge in [-0.2, -0.15) is 0 Å². The summed E-state index contributed by atoms with van der Waals surface area (Å²) in [6.07, 6.45) is 5.73. The summed E-state index contributed by atoms with van der Waals surface area (Å²) in [5, 5.41) is 9.25. The van der Waals surface area contributed by atoms with Crippen LogP contribution in [0.1, 0.15) is 57.9 Å². The van der Waals surface area contributed by atoms with Gasteiger partial charge in [0, 0.05) is 30.6 Å². The quantitative estimate of drug-likeness (QED) is 0.644. The zero-order chi connectivity index (χ0) is 18.1. The maximum absolute atomic E-state index is 12.3. The van der Waals surface area contributed by atoms with E-state index in [1.807, 2.05) is 31.2 Å². The molecule has 0 radical (unpaired) electrons. The molecule has 1 atom stereocenters. The fourth-order valence-electron chi connectivity index (χ4n) is 3.31. The molecule has 0 heterocycles. The lowest BCUT2D eigenvalue weighted by molar-refractivity contribution is -0.126. The minimum absolute atomic E-state index is 0. The Morgan fingerprint density at radius 3 is 2.54 bits per heavy atom. The molecule has 1 saturated carbocycles. The summed E-state index contributed by atoms with van der Waals surface area (Å²) in [6.45, 7) is 5.55. The van der Waals surface area contributed by atoms with Gasteiger partial charge in [0.15, 0.2) is 0 Å². The summed E-state index contributed by atoms with van der Waals surface area (Å²) in [7, 11) is 0. The van der Waals surface area contributed by atoms with Crippen LogP contribution >= 0.6 is 12.4 Å². The van der Waals surface area contributed by atoms with Crippen molar-refractivity contribution in [3.63, 3.8) is 0 Å². The Morgan fingerprint density at radius 1 is 1.15 bits per heavy atom. The van der Waals surface area contributed by atoms with E-state index in [2.05, 4.69) is 22.9 Å². The highest BCUT2D eigenvalue weighted by Crippen LogP contribution is 2.23. The highest BCUT2D eigenvalue weighted by atomic mass is 35.5. The van der Waals surface area contributed by atoms with E-state index in [4.69, 9.17) is 0 Å². The number of hydrogen-bond donors (Lipinski definition) is 3. The molecule has 0 bridgehead atoms. The average Bonchev–Trinajstić information content (AvgIpc) is 2.61. The van der Waals surface area contributed by atoms with Crippen LogP contribution in [0.3, 0.4) is 0 Å². The smallest absolute Gasteiger partial charge is 0.226 e. The van der Waals surface area contributed by atoms with Gasteiger partial charge in [0.25, 0.3) is 0 Å². The third kappa shape index (κ3) is 7.34. The third-order valence-electron chi connectivity index (χ3n) is 4.71. The molecule has 1 unspecified atom stereocenters. The van der Waals surface area contributed by atoms with Crippen molar-refractivity contribution in [1.82, 2.24) is 10.6 Å². The normalized spacial score (nSPS) is 15.6. The first-order valence-corrected chi connectivity index (χ1v) is 9.49. The Labute approximate surface area is 163 Å². The zero-order valence-corrected chi connectivity index (χ0v) is 16.7. The van der Waals surface area contributed by atoms with Gasteiger partial charge >= 0.3 is 0 Å². The van der Waals surface area contributed by atoms with Gasteiger partial charge < -0.3 is 16.0 Å². The summed E-state index contributed by atoms with van der Waals surface area (Å²) in [6, 6.07) is 7.65. The van der Waals surface area contributed by atoms with Crippen molar-refractivity contribution in [2.45, 2.75) is 65.0 Å². The van der Waals surface area contributed by atoms with E-state index < -0.39 is 0 Å². The Morgan fingerprint density at radius 2 is 1.85 bits per heavy atom. The topological polar surface area (TPSA) is 70.2 Å². The monoisotopic (exact) mass is 381 g/mol. The SMILES string of the molecule is CCNCc1ccccc1NC(=O)CC(C)NC(=O)C1CCCCC1.Cl. The summed E-state index contributed by atoms with van der Waals surface area (Å²) in [5.74, 6) is 0.160. The molecule has 6 heteroatoms. The van der Waals surface area contributed by atoms with Crippen LogP contribution in [0.2, 0.25) is 0 Å². The van der Waals surface area contributed by atoms with Crippen LogP contribution in [0.5, 0.6) is 0 Å². The van der Waals surface area contributed by atoms with Gasteiger partial charge in [-0.05, 0) is 37.9 Å². The minimum atomic E-state index is -0.157. The minimum Gasteiger partial charge on any atom is -0.353 e. The number of hydrogen-bond acceptors (Lipinski definition) is 3. The number of benzene rings is 1. The standard InChI is InChI=1S/C20H31N3O2.ClH/c1-3-21-14-17-11-7-8-12-18(17)23-19(24)13-15(2)22-20(25)16-9-5-4-6-10-16;/h7-8,11-12,15-16,21H,3-6,9-10,13-14H2,1-2H3,(H,22,25)(H,23,24);1H. The number of halogens is 1. The third-order valence-corrected chi connectivity index (χ3v) is 4.71. The van der Waals surface area contributed by atoms with Crippen LogP contribution in [0.15, 0.2) is 24.3 Å². The van der Waals surface area contributed by atoms with Crippen molar-refractivity contribution in [2.24, 2.45) is 5.92 Å². The second kappa shape index (κ2) is 11.9. The number of rotatable bonds is 8. The van der Waals surface area contributed by atoms with Crippen molar-refractivity contribution < 1.29 is 9.59 Å². The number of carbonyl (C=O) groups is 2. The summed E-state index contributed by atoms with van der Waals surface area (Å²) in [5.41, 5.74) is 1.90. The predicted molar refractivity (Wildman–Crippen MR) is 108 cm³/mol. The molecule has 3 N–H and O–H groups in total. The Bertz CT molecular complexity index is 574. The second-order valence-corrected chi connectivity index (χ2v) is 6.93. The first-order chi connectivity index (χ1) is 12.1. The van der Waals surface area contributed by atoms with Gasteiger partial charge in [-0.3, -0.25) is 9.59 Å². The van der Waals surface area contributed by atoms with E-state index in [0.717, 1.165) is 50.0 Å². The van der Waals surface area contributed by atoms with E-state index in [1.165, 1.54) is 6.42 Å². The summed E-state index contributed by atoms with van der Waals surface area (Å²) in [4.78, 5) is 24.6. The fourth-order valence-corrected chi connectivity index (χ4v) is 3.31. The highest BCUT2D eigenvalue weighted by molar-refractivity contribution is 5.92. The molecule has 1 aliphatic rings. The summed E-state index contributed by atoms with van der Waals surface area (Å²) >= 11 is 0. The second-order valence-electron chi connectivity index (χ2n) is 6.93. The van der Waals surface area contributed by atoms with Crippen molar-refractivity contribution in [3.8, 4) is 0 Å². The molecule has 0 aromatic heterocycles. The Balaban J connectivity index is 0.00000338. The maximum Gasteiger partial charge on any atom is 0.226 e. The number of amides is 2. The van der Waals surface area contributed by atoms with Gasteiger partial charge in [0.1, 0.15) is 0 Å². The number of anilines is 1. The molecule has 1 fully saturated rings. The largest absolute Gasteiger partial charge is 0.353 e. The molecular formula is C20H32ClN3O2. The van der Waals surface area contributed by atoms with Crippen LogP contribution in [0.25, 0.3) is 0 Å². The number of nitrogens with one attached hydrogen (secondary N) is 3. The van der Waals surface area contributed by atoms with E-state index in [1.54, 1.807) is 0 Å². The zero-order valence-electron chi connectivity index (χ0n) is 15.8. The Hall–Kier alpha value is -1.59. The molecular weight excluding hydrogens is 350 g/mol. The van der Waals surface area contributed by atoms with Gasteiger partial charge in [0.05, 0.1) is 0 Å². The molecule has 2 amide bonds. The Kier molecular flexibility index (Phi) is 10.3. The first-order valence-electron chi connectivity index (χ1n) is 9.49. The van der Waals surface area contributed by atoms with E-state index in [9.17, 15) is 9.59 Å². The predicted octanol–water partition coefficient (Wildman–Crippen LogP) is 3.63. The van der Waals surface area contributed by atoms with Gasteiger partial charge in [0.2, 0.25) is 11.8 Å².